The lowest BCUT2D eigenvalue weighted by Gasteiger charge is -2.19. The first-order chi connectivity index (χ1) is 9.85. The van der Waals surface area contributed by atoms with E-state index in [0.717, 1.165) is 5.56 Å². The molecule has 0 aromatic heterocycles. The molecule has 2 amide bonds. The Bertz CT molecular complexity index is 525. The molecule has 0 bridgehead atoms. The minimum atomic E-state index is -1.15. The van der Waals surface area contributed by atoms with Gasteiger partial charge in [-0.3, -0.25) is 9.59 Å². The lowest BCUT2D eigenvalue weighted by atomic mass is 9.99. The van der Waals surface area contributed by atoms with Gasteiger partial charge in [0.15, 0.2) is 0 Å². The third-order valence-corrected chi connectivity index (χ3v) is 3.28. The van der Waals surface area contributed by atoms with Crippen LogP contribution in [-0.4, -0.2) is 28.9 Å². The summed E-state index contributed by atoms with van der Waals surface area (Å²) in [7, 11) is 0. The molecule has 1 aromatic rings. The molecule has 0 saturated carbocycles. The number of amides is 2. The van der Waals surface area contributed by atoms with E-state index in [9.17, 15) is 14.4 Å². The van der Waals surface area contributed by atoms with Crippen LogP contribution in [0.5, 0.6) is 0 Å². The Morgan fingerprint density at radius 1 is 1.14 bits per heavy atom. The van der Waals surface area contributed by atoms with Crippen LogP contribution in [0, 0.1) is 12.8 Å². The van der Waals surface area contributed by atoms with Crippen molar-refractivity contribution in [3.05, 3.63) is 29.8 Å². The van der Waals surface area contributed by atoms with Crippen molar-refractivity contribution in [3.8, 4) is 0 Å². The van der Waals surface area contributed by atoms with Gasteiger partial charge in [-0.25, -0.2) is 4.79 Å². The number of carbonyl (C=O) groups is 3. The number of hydrogen-bond donors (Lipinski definition) is 3. The topological polar surface area (TPSA) is 95.5 Å². The number of carboxylic acid groups (broad SMARTS) is 1. The van der Waals surface area contributed by atoms with Crippen LogP contribution in [0.15, 0.2) is 24.3 Å². The molecule has 6 nitrogen and oxygen atoms in total. The molecule has 0 fully saturated rings. The number of aryl methyl sites for hydroxylation is 1. The van der Waals surface area contributed by atoms with Crippen LogP contribution in [0.1, 0.15) is 25.8 Å². The molecule has 0 aliphatic heterocycles. The van der Waals surface area contributed by atoms with E-state index in [1.54, 1.807) is 31.2 Å². The van der Waals surface area contributed by atoms with Gasteiger partial charge in [-0.2, -0.15) is 0 Å². The summed E-state index contributed by atoms with van der Waals surface area (Å²) < 4.78 is 0. The summed E-state index contributed by atoms with van der Waals surface area (Å²) in [5.74, 6) is -3.25. The van der Waals surface area contributed by atoms with Crippen LogP contribution in [0.3, 0.4) is 0 Å². The van der Waals surface area contributed by atoms with Crippen LogP contribution in [-0.2, 0) is 14.4 Å². The third kappa shape index (κ3) is 4.91. The highest BCUT2D eigenvalue weighted by Crippen LogP contribution is 2.10. The minimum absolute atomic E-state index is 0.265. The maximum Gasteiger partial charge on any atom is 0.326 e. The van der Waals surface area contributed by atoms with Crippen LogP contribution >= 0.6 is 0 Å². The second kappa shape index (κ2) is 7.42. The van der Waals surface area contributed by atoms with Gasteiger partial charge in [-0.05, 0) is 25.0 Å². The Kier molecular flexibility index (Phi) is 5.90. The number of benzene rings is 1. The first-order valence-corrected chi connectivity index (χ1v) is 6.76. The van der Waals surface area contributed by atoms with E-state index < -0.39 is 23.8 Å². The highest BCUT2D eigenvalue weighted by Gasteiger charge is 2.27. The van der Waals surface area contributed by atoms with Crippen molar-refractivity contribution in [2.45, 2.75) is 33.2 Å². The van der Waals surface area contributed by atoms with E-state index in [-0.39, 0.29) is 5.92 Å². The van der Waals surface area contributed by atoms with Gasteiger partial charge in [0.25, 0.3) is 0 Å². The smallest absolute Gasteiger partial charge is 0.326 e. The molecular formula is C15H20N2O4. The second-order valence-corrected chi connectivity index (χ2v) is 5.00. The van der Waals surface area contributed by atoms with Gasteiger partial charge in [-0.1, -0.05) is 38.0 Å². The Hall–Kier alpha value is -2.37. The number of carbonyl (C=O) groups excluding carboxylic acids is 2. The average molecular weight is 292 g/mol. The zero-order valence-electron chi connectivity index (χ0n) is 12.3. The molecular weight excluding hydrogens is 272 g/mol. The fraction of sp³-hybridized carbons (Fsp3) is 0.400. The maximum absolute atomic E-state index is 11.8. The Balaban J connectivity index is 2.67. The summed E-state index contributed by atoms with van der Waals surface area (Å²) in [4.78, 5) is 34.6. The molecule has 1 aromatic carbocycles. The number of aliphatic carboxylic acids is 1. The Morgan fingerprint density at radius 2 is 1.71 bits per heavy atom. The quantitative estimate of drug-likeness (QED) is 0.717. The van der Waals surface area contributed by atoms with Crippen molar-refractivity contribution >= 4 is 23.5 Å². The Morgan fingerprint density at radius 3 is 2.19 bits per heavy atom. The van der Waals surface area contributed by atoms with E-state index >= 15 is 0 Å². The standard InChI is InChI=1S/C15H20N2O4/c1-4-10(3)12(15(20)21)17-14(19)13(18)16-11-7-5-9(2)6-8-11/h5-8,10,12H,4H2,1-3H3,(H,16,18)(H,17,19)(H,20,21)/t10-,12-/m0/s1. The van der Waals surface area contributed by atoms with Crippen molar-refractivity contribution in [1.82, 2.24) is 5.32 Å². The van der Waals surface area contributed by atoms with Crippen LogP contribution < -0.4 is 10.6 Å². The lowest BCUT2D eigenvalue weighted by molar-refractivity contribution is -0.145. The monoisotopic (exact) mass is 292 g/mol. The summed E-state index contributed by atoms with van der Waals surface area (Å²) in [6.07, 6.45) is 0.580. The van der Waals surface area contributed by atoms with Crippen molar-refractivity contribution in [2.75, 3.05) is 5.32 Å². The van der Waals surface area contributed by atoms with E-state index in [4.69, 9.17) is 5.11 Å². The lowest BCUT2D eigenvalue weighted by Crippen LogP contribution is -2.48. The highest BCUT2D eigenvalue weighted by molar-refractivity contribution is 6.40. The normalized spacial score (nSPS) is 13.1. The zero-order valence-corrected chi connectivity index (χ0v) is 12.3. The van der Waals surface area contributed by atoms with Gasteiger partial charge in [0, 0.05) is 5.69 Å². The molecule has 0 saturated heterocycles. The number of anilines is 1. The largest absolute Gasteiger partial charge is 0.480 e. The number of rotatable bonds is 5. The number of carboxylic acids is 1. The molecule has 0 heterocycles. The van der Waals surface area contributed by atoms with Crippen LogP contribution in [0.4, 0.5) is 5.69 Å². The van der Waals surface area contributed by atoms with Crippen molar-refractivity contribution in [3.63, 3.8) is 0 Å². The summed E-state index contributed by atoms with van der Waals surface area (Å²) in [6.45, 7) is 5.43. The van der Waals surface area contributed by atoms with E-state index in [0.29, 0.717) is 12.1 Å². The van der Waals surface area contributed by atoms with Crippen LogP contribution in [0.25, 0.3) is 0 Å². The molecule has 2 atom stereocenters. The molecule has 114 valence electrons. The molecule has 0 unspecified atom stereocenters. The van der Waals surface area contributed by atoms with Gasteiger partial charge in [-0.15, -0.1) is 0 Å². The maximum atomic E-state index is 11.8. The first kappa shape index (κ1) is 16.7. The molecule has 1 rings (SSSR count). The second-order valence-electron chi connectivity index (χ2n) is 5.00. The Labute approximate surface area is 123 Å². The molecule has 0 spiro atoms. The first-order valence-electron chi connectivity index (χ1n) is 6.76. The van der Waals surface area contributed by atoms with E-state index in [1.165, 1.54) is 0 Å². The summed E-state index contributed by atoms with van der Waals surface area (Å²) in [5.41, 5.74) is 1.51. The fourth-order valence-electron chi connectivity index (χ4n) is 1.71. The summed E-state index contributed by atoms with van der Waals surface area (Å²) in [6, 6.07) is 5.86. The van der Waals surface area contributed by atoms with Crippen LogP contribution in [0.2, 0.25) is 0 Å². The summed E-state index contributed by atoms with van der Waals surface area (Å²) in [5, 5.41) is 13.8. The van der Waals surface area contributed by atoms with Gasteiger partial charge in [0.1, 0.15) is 6.04 Å². The van der Waals surface area contributed by atoms with E-state index in [1.807, 2.05) is 13.8 Å². The average Bonchev–Trinajstić information content (AvgIpc) is 2.45. The summed E-state index contributed by atoms with van der Waals surface area (Å²) >= 11 is 0. The number of hydrogen-bond acceptors (Lipinski definition) is 3. The van der Waals surface area contributed by atoms with Gasteiger partial charge in [0.2, 0.25) is 0 Å². The van der Waals surface area contributed by atoms with E-state index in [2.05, 4.69) is 10.6 Å². The molecule has 0 radical (unpaired) electrons. The molecule has 6 heteroatoms. The van der Waals surface area contributed by atoms with Gasteiger partial charge < -0.3 is 15.7 Å². The van der Waals surface area contributed by atoms with Gasteiger partial charge in [0.05, 0.1) is 0 Å². The molecule has 3 N–H and O–H groups in total. The minimum Gasteiger partial charge on any atom is -0.480 e. The fourth-order valence-corrected chi connectivity index (χ4v) is 1.71. The number of nitrogens with one attached hydrogen (secondary N) is 2. The zero-order chi connectivity index (χ0) is 16.0. The van der Waals surface area contributed by atoms with Gasteiger partial charge >= 0.3 is 17.8 Å². The molecule has 0 aliphatic carbocycles. The van der Waals surface area contributed by atoms with Crippen molar-refractivity contribution in [2.24, 2.45) is 5.92 Å². The SMILES string of the molecule is CC[C@H](C)[C@H](NC(=O)C(=O)Nc1ccc(C)cc1)C(=O)O. The predicted molar refractivity (Wildman–Crippen MR) is 78.8 cm³/mol. The third-order valence-electron chi connectivity index (χ3n) is 3.28. The van der Waals surface area contributed by atoms with Crippen molar-refractivity contribution in [1.29, 1.82) is 0 Å². The van der Waals surface area contributed by atoms with Crippen molar-refractivity contribution < 1.29 is 19.5 Å². The highest BCUT2D eigenvalue weighted by atomic mass is 16.4. The molecule has 0 aliphatic rings. The molecule has 21 heavy (non-hydrogen) atoms. The predicted octanol–water partition coefficient (Wildman–Crippen LogP) is 1.55.